The molecule has 1 aromatic carbocycles. The SMILES string of the molecule is O=C(NCCS(=O)(=O)N1CCOCC1)c1ccc2c(=O)n3c(nc2c1)CCCCCC3. The van der Waals surface area contributed by atoms with Gasteiger partial charge in [-0.1, -0.05) is 12.8 Å². The summed E-state index contributed by atoms with van der Waals surface area (Å²) in [4.78, 5) is 30.1. The highest BCUT2D eigenvalue weighted by atomic mass is 32.2. The van der Waals surface area contributed by atoms with Gasteiger partial charge in [-0.05, 0) is 31.0 Å². The quantitative estimate of drug-likeness (QED) is 0.728. The van der Waals surface area contributed by atoms with Crippen molar-refractivity contribution >= 4 is 26.8 Å². The fourth-order valence-electron chi connectivity index (χ4n) is 4.09. The highest BCUT2D eigenvalue weighted by Gasteiger charge is 2.24. The van der Waals surface area contributed by atoms with Crippen LogP contribution < -0.4 is 10.9 Å². The topological polar surface area (TPSA) is 111 Å². The maximum Gasteiger partial charge on any atom is 0.261 e. The van der Waals surface area contributed by atoms with Crippen LogP contribution in [0.1, 0.15) is 41.9 Å². The number of morpholine rings is 1. The zero-order chi connectivity index (χ0) is 21.8. The highest BCUT2D eigenvalue weighted by Crippen LogP contribution is 2.16. The van der Waals surface area contributed by atoms with Gasteiger partial charge in [0, 0.05) is 38.2 Å². The Labute approximate surface area is 181 Å². The lowest BCUT2D eigenvalue weighted by molar-refractivity contribution is 0.0730. The van der Waals surface area contributed by atoms with Crippen LogP contribution in [0, 0.1) is 0 Å². The van der Waals surface area contributed by atoms with E-state index >= 15 is 0 Å². The lowest BCUT2D eigenvalue weighted by Gasteiger charge is -2.26. The van der Waals surface area contributed by atoms with E-state index in [0.717, 1.165) is 37.9 Å². The maximum atomic E-state index is 12.9. The number of carbonyl (C=O) groups excluding carboxylic acids is 1. The number of benzene rings is 1. The average Bonchev–Trinajstić information content (AvgIpc) is 2.75. The van der Waals surface area contributed by atoms with E-state index < -0.39 is 10.0 Å². The van der Waals surface area contributed by atoms with Crippen LogP contribution in [0.25, 0.3) is 10.9 Å². The Balaban J connectivity index is 1.47. The van der Waals surface area contributed by atoms with Crippen molar-refractivity contribution in [3.05, 3.63) is 39.9 Å². The van der Waals surface area contributed by atoms with E-state index in [0.29, 0.717) is 49.3 Å². The summed E-state index contributed by atoms with van der Waals surface area (Å²) in [5.41, 5.74) is 0.801. The maximum absolute atomic E-state index is 12.9. The molecule has 1 saturated heterocycles. The lowest BCUT2D eigenvalue weighted by atomic mass is 10.1. The normalized spacial score (nSPS) is 18.2. The van der Waals surface area contributed by atoms with Gasteiger partial charge in [-0.15, -0.1) is 0 Å². The van der Waals surface area contributed by atoms with Gasteiger partial charge < -0.3 is 10.1 Å². The minimum atomic E-state index is -3.44. The van der Waals surface area contributed by atoms with Crippen LogP contribution in [0.2, 0.25) is 0 Å². The first-order chi connectivity index (χ1) is 15.0. The van der Waals surface area contributed by atoms with Gasteiger partial charge in [0.1, 0.15) is 5.82 Å². The number of aromatic nitrogens is 2. The van der Waals surface area contributed by atoms with E-state index in [-0.39, 0.29) is 23.8 Å². The van der Waals surface area contributed by atoms with E-state index in [9.17, 15) is 18.0 Å². The highest BCUT2D eigenvalue weighted by molar-refractivity contribution is 7.89. The summed E-state index contributed by atoms with van der Waals surface area (Å²) >= 11 is 0. The molecule has 0 spiro atoms. The van der Waals surface area contributed by atoms with Crippen molar-refractivity contribution in [3.63, 3.8) is 0 Å². The van der Waals surface area contributed by atoms with Gasteiger partial charge in [0.25, 0.3) is 11.5 Å². The summed E-state index contributed by atoms with van der Waals surface area (Å²) < 4.78 is 33.1. The number of hydrogen-bond donors (Lipinski definition) is 1. The first-order valence-electron chi connectivity index (χ1n) is 10.8. The van der Waals surface area contributed by atoms with Crippen molar-refractivity contribution in [3.8, 4) is 0 Å². The van der Waals surface area contributed by atoms with E-state index in [1.807, 2.05) is 0 Å². The second-order valence-corrected chi connectivity index (χ2v) is 10.1. The van der Waals surface area contributed by atoms with Crippen molar-refractivity contribution < 1.29 is 17.9 Å². The number of carbonyl (C=O) groups is 1. The molecule has 3 heterocycles. The molecule has 1 fully saturated rings. The molecule has 0 saturated carbocycles. The summed E-state index contributed by atoms with van der Waals surface area (Å²) in [7, 11) is -3.44. The number of hydrogen-bond acceptors (Lipinski definition) is 6. The van der Waals surface area contributed by atoms with E-state index in [4.69, 9.17) is 4.74 Å². The molecule has 168 valence electrons. The van der Waals surface area contributed by atoms with Crippen molar-refractivity contribution in [2.24, 2.45) is 0 Å². The van der Waals surface area contributed by atoms with Crippen molar-refractivity contribution in [2.45, 2.75) is 38.6 Å². The summed E-state index contributed by atoms with van der Waals surface area (Å²) in [6.45, 7) is 2.14. The van der Waals surface area contributed by atoms with E-state index in [1.54, 1.807) is 22.8 Å². The van der Waals surface area contributed by atoms with Gasteiger partial charge in [-0.2, -0.15) is 4.31 Å². The number of nitrogens with one attached hydrogen (secondary N) is 1. The number of aryl methyl sites for hydroxylation is 1. The zero-order valence-corrected chi connectivity index (χ0v) is 18.3. The predicted octanol–water partition coefficient (Wildman–Crippen LogP) is 0.905. The van der Waals surface area contributed by atoms with Crippen LogP contribution in [0.15, 0.2) is 23.0 Å². The minimum absolute atomic E-state index is 0.0107. The van der Waals surface area contributed by atoms with Gasteiger partial charge in [0.05, 0.1) is 29.9 Å². The lowest BCUT2D eigenvalue weighted by Crippen LogP contribution is -2.43. The first kappa shape index (κ1) is 21.9. The molecule has 0 atom stereocenters. The second kappa shape index (κ2) is 9.46. The molecule has 0 unspecified atom stereocenters. The predicted molar refractivity (Wildman–Crippen MR) is 117 cm³/mol. The molecule has 2 aliphatic heterocycles. The van der Waals surface area contributed by atoms with Crippen molar-refractivity contribution in [2.75, 3.05) is 38.6 Å². The number of nitrogens with zero attached hydrogens (tertiary/aromatic N) is 3. The Hall–Kier alpha value is -2.30. The van der Waals surface area contributed by atoms with E-state index in [1.165, 1.54) is 4.31 Å². The van der Waals surface area contributed by atoms with Crippen LogP contribution in [-0.2, 0) is 27.7 Å². The molecule has 2 aromatic rings. The summed E-state index contributed by atoms with van der Waals surface area (Å²) in [5, 5.41) is 3.16. The molecule has 0 radical (unpaired) electrons. The van der Waals surface area contributed by atoms with Gasteiger partial charge in [-0.3, -0.25) is 14.2 Å². The van der Waals surface area contributed by atoms with Crippen LogP contribution in [0.4, 0.5) is 0 Å². The third-order valence-electron chi connectivity index (χ3n) is 5.84. The Morgan fingerprint density at radius 1 is 1.10 bits per heavy atom. The van der Waals surface area contributed by atoms with Crippen LogP contribution in [0.5, 0.6) is 0 Å². The third-order valence-corrected chi connectivity index (χ3v) is 7.71. The molecule has 0 aliphatic carbocycles. The standard InChI is InChI=1S/C21H28N4O5S/c26-20(22-8-14-31(28,29)24-10-12-30-13-11-24)16-6-7-17-18(15-16)23-19-5-3-1-2-4-9-25(19)21(17)27/h6-7,15H,1-5,8-14H2,(H,22,26). The molecule has 9 nitrogen and oxygen atoms in total. The molecular weight excluding hydrogens is 420 g/mol. The van der Waals surface area contributed by atoms with Crippen LogP contribution >= 0.6 is 0 Å². The van der Waals surface area contributed by atoms with Crippen molar-refractivity contribution in [1.29, 1.82) is 0 Å². The molecule has 0 bridgehead atoms. The Kier molecular flexibility index (Phi) is 6.68. The van der Waals surface area contributed by atoms with Gasteiger partial charge in [0.2, 0.25) is 10.0 Å². The monoisotopic (exact) mass is 448 g/mol. The van der Waals surface area contributed by atoms with Crippen LogP contribution in [0.3, 0.4) is 0 Å². The number of fused-ring (bicyclic) bond motifs is 2. The molecule has 31 heavy (non-hydrogen) atoms. The minimum Gasteiger partial charge on any atom is -0.379 e. The number of rotatable bonds is 5. The molecule has 1 N–H and O–H groups in total. The molecule has 4 rings (SSSR count). The Bertz CT molecular complexity index is 1120. The van der Waals surface area contributed by atoms with Crippen molar-refractivity contribution in [1.82, 2.24) is 19.2 Å². The average molecular weight is 449 g/mol. The summed E-state index contributed by atoms with van der Waals surface area (Å²) in [5.74, 6) is 0.221. The number of ether oxygens (including phenoxy) is 1. The smallest absolute Gasteiger partial charge is 0.261 e. The fraction of sp³-hybridized carbons (Fsp3) is 0.571. The summed E-state index contributed by atoms with van der Waals surface area (Å²) in [6.07, 6.45) is 4.96. The van der Waals surface area contributed by atoms with Gasteiger partial charge in [0.15, 0.2) is 0 Å². The number of sulfonamides is 1. The molecule has 2 aliphatic rings. The Morgan fingerprint density at radius 3 is 2.68 bits per heavy atom. The molecule has 1 aromatic heterocycles. The third kappa shape index (κ3) is 4.97. The Morgan fingerprint density at radius 2 is 1.87 bits per heavy atom. The summed E-state index contributed by atoms with van der Waals surface area (Å²) in [6, 6.07) is 4.84. The fourth-order valence-corrected chi connectivity index (χ4v) is 5.41. The molecule has 10 heteroatoms. The first-order valence-corrected chi connectivity index (χ1v) is 12.4. The number of amides is 1. The molecular formula is C21H28N4O5S. The van der Waals surface area contributed by atoms with Gasteiger partial charge >= 0.3 is 0 Å². The second-order valence-electron chi connectivity index (χ2n) is 7.96. The van der Waals surface area contributed by atoms with Gasteiger partial charge in [-0.25, -0.2) is 13.4 Å². The van der Waals surface area contributed by atoms with E-state index in [2.05, 4.69) is 10.3 Å². The zero-order valence-electron chi connectivity index (χ0n) is 17.5. The van der Waals surface area contributed by atoms with Crippen LogP contribution in [-0.4, -0.2) is 66.8 Å². The largest absolute Gasteiger partial charge is 0.379 e. The molecule has 1 amide bonds.